The number of nitrogens with two attached hydrogens (primary N) is 1. The molecule has 0 saturated carbocycles. The molecule has 1 aromatic carbocycles. The smallest absolute Gasteiger partial charge is 0.0923 e. The normalized spacial score (nSPS) is 16.9. The lowest BCUT2D eigenvalue weighted by molar-refractivity contribution is 0.0663. The number of hydrogen-bond donors (Lipinski definition) is 1. The van der Waals surface area contributed by atoms with E-state index in [0.717, 1.165) is 43.0 Å². The van der Waals surface area contributed by atoms with Crippen LogP contribution in [0, 0.1) is 0 Å². The molecule has 1 fully saturated rings. The Morgan fingerprint density at radius 2 is 1.83 bits per heavy atom. The molecule has 3 rings (SSSR count). The van der Waals surface area contributed by atoms with E-state index in [2.05, 4.69) is 22.0 Å². The lowest BCUT2D eigenvalue weighted by Gasteiger charge is -2.22. The molecule has 0 radical (unpaired) electrons. The molecule has 94 valence electrons. The predicted octanol–water partition coefficient (Wildman–Crippen LogP) is 2.48. The third-order valence-corrected chi connectivity index (χ3v) is 3.38. The number of aromatic nitrogens is 2. The molecular formula is C14H17N3O. The van der Waals surface area contributed by atoms with Gasteiger partial charge in [-0.2, -0.15) is 5.10 Å². The standard InChI is InChI=1S/C14H17N3O/c15-12-3-1-11(2-4-12)14-5-8-17(16-14)13-6-9-18-10-7-13/h1-5,8,13H,6-7,9-10,15H2. The number of rotatable bonds is 2. The summed E-state index contributed by atoms with van der Waals surface area (Å²) in [6.07, 6.45) is 4.15. The second-order valence-electron chi connectivity index (χ2n) is 4.65. The Kier molecular flexibility index (Phi) is 3.02. The molecule has 1 saturated heterocycles. The lowest BCUT2D eigenvalue weighted by Crippen LogP contribution is -2.19. The van der Waals surface area contributed by atoms with Gasteiger partial charge in [-0.25, -0.2) is 0 Å². The summed E-state index contributed by atoms with van der Waals surface area (Å²) in [5, 5.41) is 4.65. The van der Waals surface area contributed by atoms with Crippen LogP contribution >= 0.6 is 0 Å². The fraction of sp³-hybridized carbons (Fsp3) is 0.357. The Balaban J connectivity index is 1.82. The molecule has 4 heteroatoms. The fourth-order valence-corrected chi connectivity index (χ4v) is 2.30. The third kappa shape index (κ3) is 2.24. The van der Waals surface area contributed by atoms with E-state index >= 15 is 0 Å². The summed E-state index contributed by atoms with van der Waals surface area (Å²) in [7, 11) is 0. The molecule has 2 N–H and O–H groups in total. The van der Waals surface area contributed by atoms with Crippen molar-refractivity contribution in [2.24, 2.45) is 0 Å². The van der Waals surface area contributed by atoms with Crippen LogP contribution in [0.5, 0.6) is 0 Å². The molecule has 1 aromatic heterocycles. The zero-order valence-corrected chi connectivity index (χ0v) is 10.2. The minimum absolute atomic E-state index is 0.473. The lowest BCUT2D eigenvalue weighted by atomic mass is 10.1. The summed E-state index contributed by atoms with van der Waals surface area (Å²) in [6.45, 7) is 1.67. The largest absolute Gasteiger partial charge is 0.399 e. The van der Waals surface area contributed by atoms with Gasteiger partial charge in [-0.1, -0.05) is 12.1 Å². The molecule has 1 aliphatic rings. The molecule has 0 atom stereocenters. The van der Waals surface area contributed by atoms with E-state index in [1.54, 1.807) is 0 Å². The van der Waals surface area contributed by atoms with Crippen LogP contribution in [0.4, 0.5) is 5.69 Å². The first kappa shape index (κ1) is 11.3. The number of nitrogen functional groups attached to an aromatic ring is 1. The van der Waals surface area contributed by atoms with Crippen LogP contribution in [0.1, 0.15) is 18.9 Å². The average Bonchev–Trinajstić information content (AvgIpc) is 2.90. The van der Waals surface area contributed by atoms with E-state index in [1.807, 2.05) is 24.3 Å². The van der Waals surface area contributed by atoms with Gasteiger partial charge >= 0.3 is 0 Å². The van der Waals surface area contributed by atoms with Gasteiger partial charge in [0.05, 0.1) is 11.7 Å². The predicted molar refractivity (Wildman–Crippen MR) is 71.2 cm³/mol. The summed E-state index contributed by atoms with van der Waals surface area (Å²) in [6, 6.07) is 10.4. The van der Waals surface area contributed by atoms with Crippen molar-refractivity contribution in [3.8, 4) is 11.3 Å². The van der Waals surface area contributed by atoms with Crippen LogP contribution in [0.15, 0.2) is 36.5 Å². The van der Waals surface area contributed by atoms with E-state index in [0.29, 0.717) is 6.04 Å². The summed E-state index contributed by atoms with van der Waals surface area (Å²) < 4.78 is 7.43. The molecule has 0 spiro atoms. The van der Waals surface area contributed by atoms with Crippen molar-refractivity contribution in [3.05, 3.63) is 36.5 Å². The van der Waals surface area contributed by atoms with E-state index in [4.69, 9.17) is 10.5 Å². The third-order valence-electron chi connectivity index (χ3n) is 3.38. The van der Waals surface area contributed by atoms with Gasteiger partial charge in [-0.3, -0.25) is 4.68 Å². The van der Waals surface area contributed by atoms with Gasteiger partial charge in [0.1, 0.15) is 0 Å². The van der Waals surface area contributed by atoms with E-state index < -0.39 is 0 Å². The molecule has 0 unspecified atom stereocenters. The quantitative estimate of drug-likeness (QED) is 0.824. The maximum atomic E-state index is 5.69. The molecule has 2 heterocycles. The van der Waals surface area contributed by atoms with Crippen molar-refractivity contribution in [2.45, 2.75) is 18.9 Å². The summed E-state index contributed by atoms with van der Waals surface area (Å²) >= 11 is 0. The van der Waals surface area contributed by atoms with Crippen LogP contribution in [0.25, 0.3) is 11.3 Å². The number of ether oxygens (including phenoxy) is 1. The van der Waals surface area contributed by atoms with Crippen molar-refractivity contribution in [2.75, 3.05) is 18.9 Å². The summed E-state index contributed by atoms with van der Waals surface area (Å²) in [5.41, 5.74) is 8.58. The Morgan fingerprint density at radius 3 is 2.56 bits per heavy atom. The zero-order chi connectivity index (χ0) is 12.4. The maximum Gasteiger partial charge on any atom is 0.0923 e. The van der Waals surface area contributed by atoms with Gasteiger partial charge in [-0.05, 0) is 31.0 Å². The topological polar surface area (TPSA) is 53.1 Å². The first-order valence-electron chi connectivity index (χ1n) is 6.32. The van der Waals surface area contributed by atoms with Crippen molar-refractivity contribution in [1.82, 2.24) is 9.78 Å². The van der Waals surface area contributed by atoms with E-state index in [1.165, 1.54) is 0 Å². The zero-order valence-electron chi connectivity index (χ0n) is 10.2. The van der Waals surface area contributed by atoms with Crippen molar-refractivity contribution in [3.63, 3.8) is 0 Å². The maximum absolute atomic E-state index is 5.69. The highest BCUT2D eigenvalue weighted by molar-refractivity contribution is 5.61. The van der Waals surface area contributed by atoms with E-state index in [9.17, 15) is 0 Å². The summed E-state index contributed by atoms with van der Waals surface area (Å²) in [5.74, 6) is 0. The van der Waals surface area contributed by atoms with Crippen LogP contribution in [-0.2, 0) is 4.74 Å². The monoisotopic (exact) mass is 243 g/mol. The molecular weight excluding hydrogens is 226 g/mol. The van der Waals surface area contributed by atoms with Gasteiger partial charge < -0.3 is 10.5 Å². The molecule has 0 amide bonds. The Bertz CT molecular complexity index is 512. The minimum atomic E-state index is 0.473. The van der Waals surface area contributed by atoms with Gasteiger partial charge in [0.15, 0.2) is 0 Å². The number of hydrogen-bond acceptors (Lipinski definition) is 3. The first-order valence-corrected chi connectivity index (χ1v) is 6.32. The number of nitrogens with zero attached hydrogens (tertiary/aromatic N) is 2. The highest BCUT2D eigenvalue weighted by Crippen LogP contribution is 2.23. The highest BCUT2D eigenvalue weighted by atomic mass is 16.5. The Hall–Kier alpha value is -1.81. The van der Waals surface area contributed by atoms with Gasteiger partial charge in [0.25, 0.3) is 0 Å². The van der Waals surface area contributed by atoms with Gasteiger partial charge in [0.2, 0.25) is 0 Å². The molecule has 18 heavy (non-hydrogen) atoms. The Morgan fingerprint density at radius 1 is 1.11 bits per heavy atom. The van der Waals surface area contributed by atoms with E-state index in [-0.39, 0.29) is 0 Å². The molecule has 0 aliphatic carbocycles. The molecule has 0 bridgehead atoms. The summed E-state index contributed by atoms with van der Waals surface area (Å²) in [4.78, 5) is 0. The van der Waals surface area contributed by atoms with Crippen LogP contribution < -0.4 is 5.73 Å². The Labute approximate surface area is 106 Å². The van der Waals surface area contributed by atoms with Crippen LogP contribution in [0.3, 0.4) is 0 Å². The average molecular weight is 243 g/mol. The van der Waals surface area contributed by atoms with Crippen molar-refractivity contribution >= 4 is 5.69 Å². The SMILES string of the molecule is Nc1ccc(-c2ccn(C3CCOCC3)n2)cc1. The van der Waals surface area contributed by atoms with Crippen molar-refractivity contribution in [1.29, 1.82) is 0 Å². The van der Waals surface area contributed by atoms with Gasteiger partial charge in [-0.15, -0.1) is 0 Å². The van der Waals surface area contributed by atoms with Crippen molar-refractivity contribution < 1.29 is 4.74 Å². The minimum Gasteiger partial charge on any atom is -0.399 e. The molecule has 4 nitrogen and oxygen atoms in total. The van der Waals surface area contributed by atoms with Gasteiger partial charge in [0, 0.05) is 30.7 Å². The first-order chi connectivity index (χ1) is 8.83. The second kappa shape index (κ2) is 4.82. The molecule has 2 aromatic rings. The van der Waals surface area contributed by atoms with Crippen LogP contribution in [0.2, 0.25) is 0 Å². The fourth-order valence-electron chi connectivity index (χ4n) is 2.30. The second-order valence-corrected chi connectivity index (χ2v) is 4.65. The van der Waals surface area contributed by atoms with Crippen LogP contribution in [-0.4, -0.2) is 23.0 Å². The number of benzene rings is 1. The highest BCUT2D eigenvalue weighted by Gasteiger charge is 2.16. The number of anilines is 1. The molecule has 1 aliphatic heterocycles.